The number of amides is 2. The summed E-state index contributed by atoms with van der Waals surface area (Å²) in [6, 6.07) is 10.8. The van der Waals surface area contributed by atoms with Crippen LogP contribution in [-0.4, -0.2) is 17.6 Å². The highest BCUT2D eigenvalue weighted by Crippen LogP contribution is 2.49. The molecular formula is C20H19ClFNO3. The zero-order valence-corrected chi connectivity index (χ0v) is 15.7. The number of hydrogen-bond acceptors (Lipinski definition) is 3. The summed E-state index contributed by atoms with van der Waals surface area (Å²) in [6.45, 7) is 6.96. The highest BCUT2D eigenvalue weighted by molar-refractivity contribution is 6.44. The van der Waals surface area contributed by atoms with Gasteiger partial charge in [-0.25, -0.2) is 14.1 Å². The lowest BCUT2D eigenvalue weighted by Crippen LogP contribution is -2.43. The molecule has 136 valence electrons. The second-order valence-electron chi connectivity index (χ2n) is 7.31. The van der Waals surface area contributed by atoms with E-state index < -0.39 is 28.3 Å². The number of aryl methyl sites for hydroxylation is 1. The van der Waals surface area contributed by atoms with E-state index in [9.17, 15) is 14.0 Å². The molecular weight excluding hydrogens is 357 g/mol. The first kappa shape index (κ1) is 18.4. The predicted octanol–water partition coefficient (Wildman–Crippen LogP) is 4.90. The molecule has 1 unspecified atom stereocenters. The van der Waals surface area contributed by atoms with Gasteiger partial charge in [0.15, 0.2) is 4.87 Å². The van der Waals surface area contributed by atoms with Crippen LogP contribution in [0, 0.1) is 12.7 Å². The number of hydrogen-bond donors (Lipinski definition) is 0. The van der Waals surface area contributed by atoms with Gasteiger partial charge in [-0.05, 0) is 51.5 Å². The first-order valence-corrected chi connectivity index (χ1v) is 8.55. The molecule has 0 bridgehead atoms. The summed E-state index contributed by atoms with van der Waals surface area (Å²) < 4.78 is 19.3. The Bertz CT molecular complexity index is 906. The van der Waals surface area contributed by atoms with Crippen LogP contribution in [0.1, 0.15) is 37.5 Å². The smallest absolute Gasteiger partial charge is 0.421 e. The molecule has 0 fully saturated rings. The number of fused-ring (bicyclic) bond motifs is 1. The summed E-state index contributed by atoms with van der Waals surface area (Å²) >= 11 is 6.77. The van der Waals surface area contributed by atoms with Crippen molar-refractivity contribution in [3.8, 4) is 0 Å². The zero-order valence-electron chi connectivity index (χ0n) is 15.0. The number of rotatable bonds is 1. The van der Waals surface area contributed by atoms with Crippen LogP contribution >= 0.6 is 11.6 Å². The largest absolute Gasteiger partial charge is 0.443 e. The Labute approximate surface area is 156 Å². The van der Waals surface area contributed by atoms with Crippen LogP contribution in [-0.2, 0) is 14.4 Å². The van der Waals surface area contributed by atoms with Gasteiger partial charge in [-0.15, -0.1) is 0 Å². The van der Waals surface area contributed by atoms with Gasteiger partial charge in [0.25, 0.3) is 5.91 Å². The number of halogens is 2. The molecule has 4 nitrogen and oxygen atoms in total. The molecule has 2 aromatic rings. The molecule has 0 spiro atoms. The Morgan fingerprint density at radius 3 is 2.50 bits per heavy atom. The van der Waals surface area contributed by atoms with Gasteiger partial charge >= 0.3 is 6.09 Å². The molecule has 26 heavy (non-hydrogen) atoms. The minimum absolute atomic E-state index is 0.223. The van der Waals surface area contributed by atoms with Gasteiger partial charge < -0.3 is 4.74 Å². The molecule has 0 saturated heterocycles. The van der Waals surface area contributed by atoms with E-state index in [0.29, 0.717) is 5.56 Å². The number of imide groups is 1. The van der Waals surface area contributed by atoms with E-state index in [4.69, 9.17) is 16.3 Å². The minimum Gasteiger partial charge on any atom is -0.443 e. The van der Waals surface area contributed by atoms with Crippen LogP contribution in [0.4, 0.5) is 14.9 Å². The normalized spacial score (nSPS) is 19.5. The molecule has 1 heterocycles. The summed E-state index contributed by atoms with van der Waals surface area (Å²) in [7, 11) is 0. The molecule has 2 amide bonds. The summed E-state index contributed by atoms with van der Waals surface area (Å²) in [6.07, 6.45) is -0.842. The number of carbonyl (C=O) groups excluding carboxylic acids is 2. The summed E-state index contributed by atoms with van der Waals surface area (Å²) in [4.78, 5) is 25.0. The highest BCUT2D eigenvalue weighted by atomic mass is 35.5. The summed E-state index contributed by atoms with van der Waals surface area (Å²) in [5.74, 6) is -1.22. The average molecular weight is 376 g/mol. The molecule has 1 atom stereocenters. The van der Waals surface area contributed by atoms with Gasteiger partial charge in [0, 0.05) is 5.56 Å². The monoisotopic (exact) mass is 375 g/mol. The van der Waals surface area contributed by atoms with Gasteiger partial charge in [-0.1, -0.05) is 41.4 Å². The van der Waals surface area contributed by atoms with Crippen LogP contribution in [0.2, 0.25) is 0 Å². The second-order valence-corrected chi connectivity index (χ2v) is 7.88. The highest BCUT2D eigenvalue weighted by Gasteiger charge is 2.54. The lowest BCUT2D eigenvalue weighted by atomic mass is 9.90. The molecule has 0 aliphatic carbocycles. The SMILES string of the molecule is Cc1cccc(C2(Cl)C(=O)N(C(=O)OC(C)(C)C)c3ccc(F)cc32)c1. The minimum atomic E-state index is -1.69. The van der Waals surface area contributed by atoms with E-state index in [1.807, 2.05) is 13.0 Å². The third kappa shape index (κ3) is 2.97. The van der Waals surface area contributed by atoms with Crippen molar-refractivity contribution in [1.82, 2.24) is 0 Å². The topological polar surface area (TPSA) is 46.6 Å². The molecule has 2 aromatic carbocycles. The van der Waals surface area contributed by atoms with E-state index in [2.05, 4.69) is 0 Å². The van der Waals surface area contributed by atoms with Crippen molar-refractivity contribution >= 4 is 29.3 Å². The average Bonchev–Trinajstić information content (AvgIpc) is 2.75. The standard InChI is InChI=1S/C20H19ClFNO3/c1-12-6-5-7-13(10-12)20(21)15-11-14(22)8-9-16(15)23(17(20)24)18(25)26-19(2,3)4/h5-11H,1-4H3. The Morgan fingerprint density at radius 1 is 1.19 bits per heavy atom. The lowest BCUT2D eigenvalue weighted by molar-refractivity contribution is -0.119. The van der Waals surface area contributed by atoms with E-state index in [1.54, 1.807) is 39.0 Å². The number of anilines is 1. The van der Waals surface area contributed by atoms with Gasteiger partial charge in [-0.3, -0.25) is 4.79 Å². The predicted molar refractivity (Wildman–Crippen MR) is 97.9 cm³/mol. The van der Waals surface area contributed by atoms with Gasteiger partial charge in [0.05, 0.1) is 5.69 Å². The molecule has 6 heteroatoms. The maximum Gasteiger partial charge on any atom is 0.421 e. The number of carbonyl (C=O) groups is 2. The summed E-state index contributed by atoms with van der Waals surface area (Å²) in [5, 5.41) is 0. The lowest BCUT2D eigenvalue weighted by Gasteiger charge is -2.25. The molecule has 0 saturated carbocycles. The van der Waals surface area contributed by atoms with Crippen molar-refractivity contribution in [2.24, 2.45) is 0 Å². The number of alkyl halides is 1. The number of nitrogens with zero attached hydrogens (tertiary/aromatic N) is 1. The van der Waals surface area contributed by atoms with Crippen molar-refractivity contribution in [1.29, 1.82) is 0 Å². The third-order valence-corrected chi connectivity index (χ3v) is 4.64. The second kappa shape index (κ2) is 6.09. The molecule has 1 aliphatic rings. The van der Waals surface area contributed by atoms with Crippen molar-refractivity contribution < 1.29 is 18.7 Å². The van der Waals surface area contributed by atoms with Crippen LogP contribution < -0.4 is 4.90 Å². The first-order valence-electron chi connectivity index (χ1n) is 8.17. The van der Waals surface area contributed by atoms with E-state index in [1.165, 1.54) is 18.2 Å². The maximum absolute atomic E-state index is 13.9. The summed E-state index contributed by atoms with van der Waals surface area (Å²) in [5.41, 5.74) is 1.02. The van der Waals surface area contributed by atoms with E-state index in [-0.39, 0.29) is 11.3 Å². The molecule has 1 aliphatic heterocycles. The molecule has 0 radical (unpaired) electrons. The quantitative estimate of drug-likeness (QED) is 0.666. The molecule has 0 N–H and O–H groups in total. The van der Waals surface area contributed by atoms with Crippen LogP contribution in [0.25, 0.3) is 0 Å². The third-order valence-electron chi connectivity index (χ3n) is 4.06. The first-order chi connectivity index (χ1) is 12.0. The van der Waals surface area contributed by atoms with Crippen molar-refractivity contribution in [3.63, 3.8) is 0 Å². The van der Waals surface area contributed by atoms with Crippen LogP contribution in [0.15, 0.2) is 42.5 Å². The fourth-order valence-corrected chi connectivity index (χ4v) is 3.34. The molecule has 3 rings (SSSR count). The maximum atomic E-state index is 13.9. The Balaban J connectivity index is 2.18. The van der Waals surface area contributed by atoms with Gasteiger partial charge in [0.2, 0.25) is 0 Å². The fraction of sp³-hybridized carbons (Fsp3) is 0.300. The Hall–Kier alpha value is -2.40. The van der Waals surface area contributed by atoms with Crippen molar-refractivity contribution in [3.05, 3.63) is 65.0 Å². The zero-order chi connectivity index (χ0) is 19.3. The van der Waals surface area contributed by atoms with Crippen molar-refractivity contribution in [2.75, 3.05) is 4.90 Å². The Morgan fingerprint density at radius 2 is 1.88 bits per heavy atom. The number of ether oxygens (including phenoxy) is 1. The van der Waals surface area contributed by atoms with Gasteiger partial charge in [-0.2, -0.15) is 0 Å². The van der Waals surface area contributed by atoms with E-state index in [0.717, 1.165) is 10.5 Å². The van der Waals surface area contributed by atoms with E-state index >= 15 is 0 Å². The van der Waals surface area contributed by atoms with Gasteiger partial charge in [0.1, 0.15) is 11.4 Å². The fourth-order valence-electron chi connectivity index (χ4n) is 2.98. The number of benzene rings is 2. The Kier molecular flexibility index (Phi) is 4.31. The van der Waals surface area contributed by atoms with Crippen LogP contribution in [0.3, 0.4) is 0 Å². The molecule has 0 aromatic heterocycles. The van der Waals surface area contributed by atoms with Crippen molar-refractivity contribution in [2.45, 2.75) is 38.2 Å². The van der Waals surface area contributed by atoms with Crippen LogP contribution in [0.5, 0.6) is 0 Å².